The molecule has 1 aliphatic carbocycles. The summed E-state index contributed by atoms with van der Waals surface area (Å²) in [4.78, 5) is 47.2. The van der Waals surface area contributed by atoms with Gasteiger partial charge in [-0.15, -0.1) is 11.3 Å². The zero-order valence-electron chi connectivity index (χ0n) is 18.9. The molecule has 0 fully saturated rings. The Hall–Kier alpha value is -2.45. The fraction of sp³-hybridized carbons (Fsp3) is 0.440. The summed E-state index contributed by atoms with van der Waals surface area (Å²) in [5.41, 5.74) is 2.19. The molecular weight excluding hydrogens is 454 g/mol. The Morgan fingerprint density at radius 2 is 1.73 bits per heavy atom. The van der Waals surface area contributed by atoms with Crippen LogP contribution in [0.4, 0.5) is 0 Å². The van der Waals surface area contributed by atoms with E-state index in [1.54, 1.807) is 35.6 Å². The Morgan fingerprint density at radius 1 is 1.03 bits per heavy atom. The van der Waals surface area contributed by atoms with Gasteiger partial charge in [-0.05, 0) is 55.7 Å². The van der Waals surface area contributed by atoms with Gasteiger partial charge in [-0.3, -0.25) is 23.9 Å². The standard InChI is InChI=1S/C25H27N3O3S2/c1-15(2)11-12-28-24(31)20-18-9-5-6-10-19(18)33-21(20)26-25(28)32-14-13-27-22(29)16-7-3-4-8-17(16)23(27)30/h3-4,7-8,15H,5-6,9-14H2,1-2H3. The van der Waals surface area contributed by atoms with Gasteiger partial charge in [0.05, 0.1) is 16.5 Å². The van der Waals surface area contributed by atoms with Gasteiger partial charge in [-0.1, -0.05) is 37.7 Å². The Balaban J connectivity index is 1.41. The van der Waals surface area contributed by atoms with Crippen molar-refractivity contribution in [2.45, 2.75) is 57.7 Å². The van der Waals surface area contributed by atoms with Crippen LogP contribution in [0.1, 0.15) is 64.3 Å². The first-order valence-electron chi connectivity index (χ1n) is 11.6. The number of aromatic nitrogens is 2. The zero-order chi connectivity index (χ0) is 23.1. The number of thioether (sulfide) groups is 1. The summed E-state index contributed by atoms with van der Waals surface area (Å²) < 4.78 is 1.82. The highest BCUT2D eigenvalue weighted by atomic mass is 32.2. The first kappa shape index (κ1) is 22.3. The number of aryl methyl sites for hydroxylation is 2. The molecule has 8 heteroatoms. The number of amides is 2. The molecule has 0 N–H and O–H groups in total. The molecule has 1 aromatic carbocycles. The van der Waals surface area contributed by atoms with E-state index in [0.29, 0.717) is 34.5 Å². The third-order valence-electron chi connectivity index (χ3n) is 6.39. The lowest BCUT2D eigenvalue weighted by atomic mass is 9.97. The van der Waals surface area contributed by atoms with Crippen LogP contribution in [0.3, 0.4) is 0 Å². The lowest BCUT2D eigenvalue weighted by Crippen LogP contribution is -2.32. The van der Waals surface area contributed by atoms with E-state index in [4.69, 9.17) is 4.98 Å². The maximum absolute atomic E-state index is 13.6. The number of fused-ring (bicyclic) bond motifs is 4. The van der Waals surface area contributed by atoms with Crippen molar-refractivity contribution in [3.63, 3.8) is 0 Å². The second-order valence-corrected chi connectivity index (χ2v) is 11.2. The quantitative estimate of drug-likeness (QED) is 0.276. The van der Waals surface area contributed by atoms with Crippen molar-refractivity contribution >= 4 is 45.1 Å². The molecule has 0 spiro atoms. The highest BCUT2D eigenvalue weighted by Gasteiger charge is 2.34. The summed E-state index contributed by atoms with van der Waals surface area (Å²) in [6.45, 7) is 5.21. The molecule has 0 radical (unpaired) electrons. The fourth-order valence-electron chi connectivity index (χ4n) is 4.58. The van der Waals surface area contributed by atoms with Crippen LogP contribution in [-0.2, 0) is 19.4 Å². The predicted molar refractivity (Wildman–Crippen MR) is 133 cm³/mol. The molecule has 33 heavy (non-hydrogen) atoms. The van der Waals surface area contributed by atoms with E-state index in [1.165, 1.54) is 33.5 Å². The highest BCUT2D eigenvalue weighted by Crippen LogP contribution is 2.35. The molecule has 0 unspecified atom stereocenters. The molecule has 2 amide bonds. The van der Waals surface area contributed by atoms with E-state index in [-0.39, 0.29) is 23.9 Å². The largest absolute Gasteiger partial charge is 0.287 e. The van der Waals surface area contributed by atoms with Gasteiger partial charge < -0.3 is 0 Å². The van der Waals surface area contributed by atoms with Crippen molar-refractivity contribution in [3.8, 4) is 0 Å². The molecule has 2 aromatic heterocycles. The van der Waals surface area contributed by atoms with Crippen LogP contribution in [0.15, 0.2) is 34.2 Å². The molecule has 0 bridgehead atoms. The molecule has 0 atom stereocenters. The van der Waals surface area contributed by atoms with E-state index in [9.17, 15) is 14.4 Å². The van der Waals surface area contributed by atoms with Crippen molar-refractivity contribution in [2.24, 2.45) is 5.92 Å². The molecule has 3 heterocycles. The van der Waals surface area contributed by atoms with Gasteiger partial charge in [0, 0.05) is 23.7 Å². The first-order chi connectivity index (χ1) is 16.0. The monoisotopic (exact) mass is 481 g/mol. The summed E-state index contributed by atoms with van der Waals surface area (Å²) in [5.74, 6) is 0.474. The van der Waals surface area contributed by atoms with Crippen LogP contribution in [0.25, 0.3) is 10.2 Å². The number of benzene rings is 1. The second-order valence-electron chi connectivity index (χ2n) is 9.08. The van der Waals surface area contributed by atoms with Gasteiger partial charge in [-0.2, -0.15) is 0 Å². The molecule has 1 aliphatic heterocycles. The number of hydrogen-bond donors (Lipinski definition) is 0. The summed E-state index contributed by atoms with van der Waals surface area (Å²) >= 11 is 3.11. The van der Waals surface area contributed by atoms with Crippen LogP contribution >= 0.6 is 23.1 Å². The average molecular weight is 482 g/mol. The number of rotatable bonds is 7. The van der Waals surface area contributed by atoms with Crippen LogP contribution in [-0.4, -0.2) is 38.6 Å². The second kappa shape index (κ2) is 9.06. The first-order valence-corrected chi connectivity index (χ1v) is 13.4. The minimum absolute atomic E-state index is 0.0586. The molecule has 0 saturated heterocycles. The smallest absolute Gasteiger partial charge is 0.263 e. The van der Waals surface area contributed by atoms with Crippen LogP contribution in [0, 0.1) is 5.92 Å². The topological polar surface area (TPSA) is 72.3 Å². The van der Waals surface area contributed by atoms with Gasteiger partial charge in [0.1, 0.15) is 4.83 Å². The SMILES string of the molecule is CC(C)CCn1c(SCCN2C(=O)c3ccccc3C2=O)nc2sc3c(c2c1=O)CCCC3. The van der Waals surface area contributed by atoms with Crippen molar-refractivity contribution < 1.29 is 9.59 Å². The number of imide groups is 1. The van der Waals surface area contributed by atoms with Gasteiger partial charge in [0.25, 0.3) is 17.4 Å². The predicted octanol–water partition coefficient (Wildman–Crippen LogP) is 4.77. The Labute approximate surface area is 201 Å². The van der Waals surface area contributed by atoms with E-state index >= 15 is 0 Å². The van der Waals surface area contributed by atoms with Gasteiger partial charge >= 0.3 is 0 Å². The number of nitrogens with zero attached hydrogens (tertiary/aromatic N) is 3. The van der Waals surface area contributed by atoms with Crippen LogP contribution < -0.4 is 5.56 Å². The highest BCUT2D eigenvalue weighted by molar-refractivity contribution is 7.99. The molecule has 6 nitrogen and oxygen atoms in total. The molecule has 5 rings (SSSR count). The number of hydrogen-bond acceptors (Lipinski definition) is 6. The van der Waals surface area contributed by atoms with E-state index in [2.05, 4.69) is 13.8 Å². The minimum atomic E-state index is -0.247. The molecular formula is C25H27N3O3S2. The van der Waals surface area contributed by atoms with Gasteiger partial charge in [-0.25, -0.2) is 4.98 Å². The average Bonchev–Trinajstić information content (AvgIpc) is 3.29. The van der Waals surface area contributed by atoms with Crippen molar-refractivity contribution in [2.75, 3.05) is 12.3 Å². The van der Waals surface area contributed by atoms with Gasteiger partial charge in [0.15, 0.2) is 5.16 Å². The lowest BCUT2D eigenvalue weighted by Gasteiger charge is -2.16. The van der Waals surface area contributed by atoms with Crippen molar-refractivity contribution in [3.05, 3.63) is 56.2 Å². The van der Waals surface area contributed by atoms with Gasteiger partial charge in [0.2, 0.25) is 0 Å². The third kappa shape index (κ3) is 4.04. The Morgan fingerprint density at radius 3 is 2.42 bits per heavy atom. The molecule has 0 saturated carbocycles. The Bertz CT molecular complexity index is 1270. The van der Waals surface area contributed by atoms with E-state index < -0.39 is 0 Å². The maximum Gasteiger partial charge on any atom is 0.263 e. The van der Waals surface area contributed by atoms with Crippen LogP contribution in [0.5, 0.6) is 0 Å². The summed E-state index contributed by atoms with van der Waals surface area (Å²) in [6, 6.07) is 6.94. The molecule has 172 valence electrons. The zero-order valence-corrected chi connectivity index (χ0v) is 20.6. The van der Waals surface area contributed by atoms with Crippen molar-refractivity contribution in [1.29, 1.82) is 0 Å². The normalized spacial score (nSPS) is 15.5. The number of carbonyl (C=O) groups excluding carboxylic acids is 2. The lowest BCUT2D eigenvalue weighted by molar-refractivity contribution is 0.0664. The molecule has 2 aliphatic rings. The summed E-state index contributed by atoms with van der Waals surface area (Å²) in [5, 5.41) is 1.49. The number of thiophene rings is 1. The van der Waals surface area contributed by atoms with Crippen molar-refractivity contribution in [1.82, 2.24) is 14.5 Å². The van der Waals surface area contributed by atoms with E-state index in [1.807, 2.05) is 4.57 Å². The van der Waals surface area contributed by atoms with Crippen LogP contribution in [0.2, 0.25) is 0 Å². The third-order valence-corrected chi connectivity index (χ3v) is 8.54. The summed E-state index contributed by atoms with van der Waals surface area (Å²) in [6.07, 6.45) is 5.18. The maximum atomic E-state index is 13.6. The summed E-state index contributed by atoms with van der Waals surface area (Å²) in [7, 11) is 0. The Kier molecular flexibility index (Phi) is 6.14. The van der Waals surface area contributed by atoms with E-state index in [0.717, 1.165) is 35.9 Å². The fourth-order valence-corrected chi connectivity index (χ4v) is 6.84. The minimum Gasteiger partial charge on any atom is -0.287 e. The number of carbonyl (C=O) groups is 2. The molecule has 3 aromatic rings.